The Balaban J connectivity index is 2.01. The van der Waals surface area contributed by atoms with Gasteiger partial charge in [-0.15, -0.1) is 0 Å². The number of rotatable bonds is 3. The van der Waals surface area contributed by atoms with Gasteiger partial charge in [0.25, 0.3) is 0 Å². The van der Waals surface area contributed by atoms with E-state index < -0.39 is 5.91 Å². The lowest BCUT2D eigenvalue weighted by Gasteiger charge is -1.99. The molecular weight excluding hydrogens is 236 g/mol. The molecular formula is C12H10N2O4. The number of aromatic hydroxyl groups is 2. The van der Waals surface area contributed by atoms with Gasteiger partial charge in [-0.3, -0.25) is 4.79 Å². The van der Waals surface area contributed by atoms with E-state index in [1.807, 2.05) is 0 Å². The molecule has 3 N–H and O–H groups in total. The highest BCUT2D eigenvalue weighted by Gasteiger charge is 2.06. The number of benzene rings is 1. The van der Waals surface area contributed by atoms with Crippen molar-refractivity contribution in [2.24, 2.45) is 5.10 Å². The van der Waals surface area contributed by atoms with Crippen LogP contribution in [-0.2, 0) is 0 Å². The van der Waals surface area contributed by atoms with Crippen LogP contribution >= 0.6 is 0 Å². The van der Waals surface area contributed by atoms with E-state index in [4.69, 9.17) is 9.52 Å². The van der Waals surface area contributed by atoms with Crippen molar-refractivity contribution in [3.63, 3.8) is 0 Å². The number of carbonyl (C=O) groups is 1. The average molecular weight is 246 g/mol. The third kappa shape index (κ3) is 2.67. The summed E-state index contributed by atoms with van der Waals surface area (Å²) in [4.78, 5) is 11.4. The summed E-state index contributed by atoms with van der Waals surface area (Å²) >= 11 is 0. The summed E-state index contributed by atoms with van der Waals surface area (Å²) < 4.78 is 4.87. The Bertz CT molecular complexity index is 576. The quantitative estimate of drug-likeness (QED) is 0.564. The Labute approximate surface area is 102 Å². The number of amides is 1. The number of furan rings is 1. The highest BCUT2D eigenvalue weighted by Crippen LogP contribution is 2.20. The number of carbonyl (C=O) groups excluding carboxylic acids is 1. The van der Waals surface area contributed by atoms with E-state index in [0.29, 0.717) is 5.56 Å². The molecule has 6 heteroatoms. The van der Waals surface area contributed by atoms with Crippen molar-refractivity contribution in [3.05, 3.63) is 47.9 Å². The highest BCUT2D eigenvalue weighted by molar-refractivity contribution is 5.92. The van der Waals surface area contributed by atoms with Crippen LogP contribution in [0.4, 0.5) is 0 Å². The highest BCUT2D eigenvalue weighted by atomic mass is 16.3. The zero-order valence-electron chi connectivity index (χ0n) is 9.20. The number of nitrogens with one attached hydrogen (secondary N) is 1. The van der Waals surface area contributed by atoms with Crippen LogP contribution in [0.25, 0.3) is 0 Å². The summed E-state index contributed by atoms with van der Waals surface area (Å²) in [5, 5.41) is 22.2. The van der Waals surface area contributed by atoms with Gasteiger partial charge in [0.15, 0.2) is 5.76 Å². The predicted octanol–water partition coefficient (Wildman–Crippen LogP) is 1.45. The van der Waals surface area contributed by atoms with E-state index >= 15 is 0 Å². The number of hydrazone groups is 1. The molecule has 0 unspecified atom stereocenters. The van der Waals surface area contributed by atoms with Gasteiger partial charge in [0.2, 0.25) is 0 Å². The van der Waals surface area contributed by atoms with Crippen LogP contribution in [0, 0.1) is 0 Å². The van der Waals surface area contributed by atoms with Gasteiger partial charge in [-0.1, -0.05) is 0 Å². The third-order valence-corrected chi connectivity index (χ3v) is 2.13. The summed E-state index contributed by atoms with van der Waals surface area (Å²) in [5.74, 6) is -0.535. The van der Waals surface area contributed by atoms with Gasteiger partial charge < -0.3 is 14.6 Å². The van der Waals surface area contributed by atoms with Gasteiger partial charge >= 0.3 is 5.91 Å². The third-order valence-electron chi connectivity index (χ3n) is 2.13. The summed E-state index contributed by atoms with van der Waals surface area (Å²) in [6, 6.07) is 7.13. The van der Waals surface area contributed by atoms with Gasteiger partial charge in [0, 0.05) is 11.6 Å². The second-order valence-electron chi connectivity index (χ2n) is 3.42. The van der Waals surface area contributed by atoms with Gasteiger partial charge in [0.1, 0.15) is 11.5 Å². The normalized spacial score (nSPS) is 10.7. The van der Waals surface area contributed by atoms with Crippen LogP contribution in [0.2, 0.25) is 0 Å². The molecule has 0 aliphatic carbocycles. The molecule has 0 bridgehead atoms. The molecule has 2 rings (SSSR count). The molecule has 92 valence electrons. The van der Waals surface area contributed by atoms with Crippen molar-refractivity contribution < 1.29 is 19.4 Å². The van der Waals surface area contributed by atoms with Crippen LogP contribution in [0.5, 0.6) is 11.5 Å². The average Bonchev–Trinajstić information content (AvgIpc) is 2.85. The molecule has 1 heterocycles. The van der Waals surface area contributed by atoms with Crippen molar-refractivity contribution in [1.82, 2.24) is 5.43 Å². The molecule has 0 saturated heterocycles. The Morgan fingerprint density at radius 2 is 2.17 bits per heavy atom. The Hall–Kier alpha value is -2.76. The first kappa shape index (κ1) is 11.7. The molecule has 1 aromatic carbocycles. The van der Waals surface area contributed by atoms with Crippen molar-refractivity contribution in [1.29, 1.82) is 0 Å². The molecule has 0 aliphatic rings. The van der Waals surface area contributed by atoms with Crippen LogP contribution in [0.15, 0.2) is 46.1 Å². The summed E-state index contributed by atoms with van der Waals surface area (Å²) in [7, 11) is 0. The van der Waals surface area contributed by atoms with Crippen molar-refractivity contribution in [2.45, 2.75) is 0 Å². The molecule has 0 radical (unpaired) electrons. The van der Waals surface area contributed by atoms with Crippen molar-refractivity contribution in [2.75, 3.05) is 0 Å². The fourth-order valence-corrected chi connectivity index (χ4v) is 1.26. The second-order valence-corrected chi connectivity index (χ2v) is 3.42. The van der Waals surface area contributed by atoms with Crippen molar-refractivity contribution >= 4 is 12.1 Å². The van der Waals surface area contributed by atoms with Gasteiger partial charge in [-0.25, -0.2) is 5.43 Å². The van der Waals surface area contributed by atoms with Crippen molar-refractivity contribution in [3.8, 4) is 11.5 Å². The van der Waals surface area contributed by atoms with Crippen LogP contribution < -0.4 is 5.43 Å². The van der Waals surface area contributed by atoms with Crippen LogP contribution in [0.3, 0.4) is 0 Å². The monoisotopic (exact) mass is 246 g/mol. The van der Waals surface area contributed by atoms with Gasteiger partial charge in [0.05, 0.1) is 12.5 Å². The predicted molar refractivity (Wildman–Crippen MR) is 63.5 cm³/mol. The molecule has 1 amide bonds. The molecule has 0 atom stereocenters. The van der Waals surface area contributed by atoms with Crippen LogP contribution in [0.1, 0.15) is 16.1 Å². The summed E-state index contributed by atoms with van der Waals surface area (Å²) in [6.07, 6.45) is 2.64. The maximum atomic E-state index is 11.4. The minimum absolute atomic E-state index is 0.0516. The maximum absolute atomic E-state index is 11.4. The molecule has 0 spiro atoms. The minimum atomic E-state index is -0.491. The Morgan fingerprint density at radius 3 is 2.83 bits per heavy atom. The lowest BCUT2D eigenvalue weighted by atomic mass is 10.2. The van der Waals surface area contributed by atoms with Crippen LogP contribution in [-0.4, -0.2) is 22.3 Å². The van der Waals surface area contributed by atoms with E-state index in [0.717, 1.165) is 0 Å². The van der Waals surface area contributed by atoms with E-state index in [9.17, 15) is 9.90 Å². The topological polar surface area (TPSA) is 95.1 Å². The first-order chi connectivity index (χ1) is 8.66. The number of hydrogen-bond donors (Lipinski definition) is 3. The lowest BCUT2D eigenvalue weighted by molar-refractivity contribution is 0.0927. The molecule has 2 aromatic rings. The molecule has 6 nitrogen and oxygen atoms in total. The second kappa shape index (κ2) is 5.05. The van der Waals surface area contributed by atoms with Gasteiger partial charge in [-0.2, -0.15) is 5.10 Å². The number of hydrogen-bond acceptors (Lipinski definition) is 5. The molecule has 0 fully saturated rings. The summed E-state index contributed by atoms with van der Waals surface area (Å²) in [5.41, 5.74) is 2.61. The number of phenols is 2. The smallest absolute Gasteiger partial charge is 0.307 e. The Morgan fingerprint density at radius 1 is 1.33 bits per heavy atom. The Kier molecular flexibility index (Phi) is 3.29. The maximum Gasteiger partial charge on any atom is 0.307 e. The zero-order valence-corrected chi connectivity index (χ0v) is 9.20. The van der Waals surface area contributed by atoms with Gasteiger partial charge in [-0.05, 0) is 24.3 Å². The van der Waals surface area contributed by atoms with E-state index in [2.05, 4.69) is 10.5 Å². The number of phenolic OH excluding ortho intramolecular Hbond substituents is 2. The van der Waals surface area contributed by atoms with E-state index in [1.165, 1.54) is 36.7 Å². The number of nitrogens with zero attached hydrogens (tertiary/aromatic N) is 1. The SMILES string of the molecule is O=C(N/N=C\c1ccc(O)cc1O)c1ccco1. The molecule has 0 saturated carbocycles. The minimum Gasteiger partial charge on any atom is -0.508 e. The largest absolute Gasteiger partial charge is 0.508 e. The first-order valence-electron chi connectivity index (χ1n) is 5.06. The van der Waals surface area contributed by atoms with E-state index in [1.54, 1.807) is 6.07 Å². The zero-order chi connectivity index (χ0) is 13.0. The molecule has 0 aliphatic heterocycles. The van der Waals surface area contributed by atoms with E-state index in [-0.39, 0.29) is 17.3 Å². The molecule has 18 heavy (non-hydrogen) atoms. The summed E-state index contributed by atoms with van der Waals surface area (Å²) in [6.45, 7) is 0. The first-order valence-corrected chi connectivity index (χ1v) is 5.06. The fourth-order valence-electron chi connectivity index (χ4n) is 1.26. The lowest BCUT2D eigenvalue weighted by Crippen LogP contribution is -2.16. The fraction of sp³-hybridized carbons (Fsp3) is 0. The standard InChI is InChI=1S/C12H10N2O4/c15-9-4-3-8(10(16)6-9)7-13-14-12(17)11-2-1-5-18-11/h1-7,15-16H,(H,14,17)/b13-7-. The molecule has 1 aromatic heterocycles.